The van der Waals surface area contributed by atoms with Gasteiger partial charge in [-0.25, -0.2) is 0 Å². The summed E-state index contributed by atoms with van der Waals surface area (Å²) in [5, 5.41) is 4.95. The summed E-state index contributed by atoms with van der Waals surface area (Å²) >= 11 is 0. The summed E-state index contributed by atoms with van der Waals surface area (Å²) in [6.45, 7) is 0.459. The molecule has 1 unspecified atom stereocenters. The molecule has 4 rings (SSSR count). The zero-order valence-corrected chi connectivity index (χ0v) is 16.0. The van der Waals surface area contributed by atoms with Crippen molar-refractivity contribution in [2.24, 2.45) is 0 Å². The van der Waals surface area contributed by atoms with Crippen LogP contribution in [0.15, 0.2) is 42.5 Å². The molecule has 28 heavy (non-hydrogen) atoms. The lowest BCUT2D eigenvalue weighted by atomic mass is 9.95. The number of Topliss-reactive ketones (excluding diaryl/α,β-unsaturated/α-hetero) is 1. The van der Waals surface area contributed by atoms with Crippen LogP contribution >= 0.6 is 0 Å². The van der Waals surface area contributed by atoms with Crippen molar-refractivity contribution in [3.63, 3.8) is 0 Å². The van der Waals surface area contributed by atoms with Crippen molar-refractivity contribution in [1.82, 2.24) is 10.2 Å². The summed E-state index contributed by atoms with van der Waals surface area (Å²) in [6, 6.07) is 13.0. The van der Waals surface area contributed by atoms with Crippen LogP contribution in [0.1, 0.15) is 55.3 Å². The number of benzene rings is 2. The summed E-state index contributed by atoms with van der Waals surface area (Å²) in [5.41, 5.74) is 0.594. The van der Waals surface area contributed by atoms with E-state index in [0.29, 0.717) is 18.5 Å². The minimum absolute atomic E-state index is 0.0814. The van der Waals surface area contributed by atoms with Crippen LogP contribution in [0.25, 0.3) is 10.8 Å². The summed E-state index contributed by atoms with van der Waals surface area (Å²) in [7, 11) is 0. The molecule has 1 aliphatic heterocycles. The molecule has 2 aromatic carbocycles. The lowest BCUT2D eigenvalue weighted by molar-refractivity contribution is -0.146. The summed E-state index contributed by atoms with van der Waals surface area (Å²) < 4.78 is 0. The zero-order valence-electron chi connectivity index (χ0n) is 16.0. The second kappa shape index (κ2) is 8.13. The van der Waals surface area contributed by atoms with Gasteiger partial charge in [0.2, 0.25) is 0 Å². The largest absolute Gasteiger partial charge is 0.345 e. The van der Waals surface area contributed by atoms with Gasteiger partial charge >= 0.3 is 11.8 Å². The summed E-state index contributed by atoms with van der Waals surface area (Å²) in [6.07, 6.45) is 6.57. The van der Waals surface area contributed by atoms with Crippen LogP contribution in [0.3, 0.4) is 0 Å². The highest BCUT2D eigenvalue weighted by atomic mass is 16.2. The molecule has 0 aromatic heterocycles. The van der Waals surface area contributed by atoms with Crippen molar-refractivity contribution in [2.75, 3.05) is 6.54 Å². The smallest absolute Gasteiger partial charge is 0.312 e. The number of nitrogens with one attached hydrogen (secondary N) is 1. The van der Waals surface area contributed by atoms with Gasteiger partial charge in [0.15, 0.2) is 5.78 Å². The molecule has 1 heterocycles. The molecule has 1 saturated heterocycles. The Kier molecular flexibility index (Phi) is 5.42. The maximum atomic E-state index is 13.1. The first-order valence-electron chi connectivity index (χ1n) is 10.3. The molecule has 1 N–H and O–H groups in total. The molecule has 0 spiro atoms. The number of nitrogens with zero attached hydrogens (tertiary/aromatic N) is 1. The van der Waals surface area contributed by atoms with Gasteiger partial charge in [0.05, 0.1) is 6.04 Å². The van der Waals surface area contributed by atoms with E-state index in [1.54, 1.807) is 0 Å². The van der Waals surface area contributed by atoms with Crippen molar-refractivity contribution in [2.45, 2.75) is 57.0 Å². The lowest BCUT2D eigenvalue weighted by Gasteiger charge is -2.26. The van der Waals surface area contributed by atoms with E-state index in [0.717, 1.165) is 42.9 Å². The number of likely N-dealkylation sites (tertiary alicyclic amines) is 1. The van der Waals surface area contributed by atoms with Crippen LogP contribution in [-0.4, -0.2) is 41.1 Å². The normalized spacial score (nSPS) is 20.3. The third kappa shape index (κ3) is 3.79. The molecule has 2 aliphatic rings. The van der Waals surface area contributed by atoms with Gasteiger partial charge in [-0.2, -0.15) is 0 Å². The Hall–Kier alpha value is -2.69. The molecular weight excluding hydrogens is 352 g/mol. The molecule has 146 valence electrons. The van der Waals surface area contributed by atoms with Crippen molar-refractivity contribution < 1.29 is 14.4 Å². The molecule has 1 atom stereocenters. The highest BCUT2D eigenvalue weighted by Crippen LogP contribution is 2.24. The van der Waals surface area contributed by atoms with Crippen molar-refractivity contribution in [1.29, 1.82) is 0 Å². The quantitative estimate of drug-likeness (QED) is 0.657. The summed E-state index contributed by atoms with van der Waals surface area (Å²) in [4.78, 5) is 39.8. The molecular formula is C23H26N2O3. The van der Waals surface area contributed by atoms with Gasteiger partial charge < -0.3 is 10.2 Å². The SMILES string of the molecule is O=C(NC1CCCCC1)C(=O)N1CCCC1C(=O)c1ccc2ccccc2c1. The van der Waals surface area contributed by atoms with Crippen LogP contribution in [0, 0.1) is 0 Å². The molecule has 2 fully saturated rings. The first kappa shape index (κ1) is 18.7. The van der Waals surface area contributed by atoms with Crippen LogP contribution in [0.4, 0.5) is 0 Å². The van der Waals surface area contributed by atoms with Crippen LogP contribution in [0.5, 0.6) is 0 Å². The number of hydrogen-bond donors (Lipinski definition) is 1. The average Bonchev–Trinajstić information content (AvgIpc) is 3.22. The van der Waals surface area contributed by atoms with Crippen LogP contribution < -0.4 is 5.32 Å². The van der Waals surface area contributed by atoms with Crippen molar-refractivity contribution in [3.8, 4) is 0 Å². The standard InChI is InChI=1S/C23H26N2O3/c26-21(18-13-12-16-7-4-5-8-17(16)15-18)20-11-6-14-25(20)23(28)22(27)24-19-9-2-1-3-10-19/h4-5,7-8,12-13,15,19-20H,1-3,6,9-11,14H2,(H,24,27). The minimum atomic E-state index is -0.567. The third-order valence-corrected chi connectivity index (χ3v) is 5.98. The van der Waals surface area contributed by atoms with Crippen molar-refractivity contribution in [3.05, 3.63) is 48.0 Å². The maximum Gasteiger partial charge on any atom is 0.312 e. The van der Waals surface area contributed by atoms with E-state index >= 15 is 0 Å². The molecule has 5 heteroatoms. The predicted molar refractivity (Wildman–Crippen MR) is 108 cm³/mol. The zero-order chi connectivity index (χ0) is 19.5. The Bertz CT molecular complexity index is 902. The Morgan fingerprint density at radius 2 is 1.61 bits per heavy atom. The Balaban J connectivity index is 1.47. The molecule has 0 radical (unpaired) electrons. The van der Waals surface area contributed by atoms with Gasteiger partial charge in [0.25, 0.3) is 0 Å². The first-order chi connectivity index (χ1) is 13.6. The van der Waals surface area contributed by atoms with Crippen molar-refractivity contribution >= 4 is 28.4 Å². The topological polar surface area (TPSA) is 66.5 Å². The average molecular weight is 378 g/mol. The van der Waals surface area contributed by atoms with Gasteiger partial charge in [0, 0.05) is 18.2 Å². The minimum Gasteiger partial charge on any atom is -0.345 e. The second-order valence-electron chi connectivity index (χ2n) is 7.89. The van der Waals surface area contributed by atoms with E-state index in [1.807, 2.05) is 42.5 Å². The molecule has 2 amide bonds. The maximum absolute atomic E-state index is 13.1. The van der Waals surface area contributed by atoms with E-state index in [-0.39, 0.29) is 11.8 Å². The molecule has 0 bridgehead atoms. The van der Waals surface area contributed by atoms with E-state index in [2.05, 4.69) is 5.32 Å². The van der Waals surface area contributed by atoms with E-state index in [4.69, 9.17) is 0 Å². The molecule has 1 aliphatic carbocycles. The van der Waals surface area contributed by atoms with E-state index in [1.165, 1.54) is 11.3 Å². The fraction of sp³-hybridized carbons (Fsp3) is 0.435. The van der Waals surface area contributed by atoms with Gasteiger partial charge in [0.1, 0.15) is 0 Å². The number of carbonyl (C=O) groups is 3. The first-order valence-corrected chi connectivity index (χ1v) is 10.3. The monoisotopic (exact) mass is 378 g/mol. The number of ketones is 1. The highest BCUT2D eigenvalue weighted by Gasteiger charge is 2.37. The number of rotatable bonds is 3. The number of fused-ring (bicyclic) bond motifs is 1. The third-order valence-electron chi connectivity index (χ3n) is 5.98. The fourth-order valence-corrected chi connectivity index (χ4v) is 4.44. The molecule has 2 aromatic rings. The second-order valence-corrected chi connectivity index (χ2v) is 7.89. The predicted octanol–water partition coefficient (Wildman–Crippen LogP) is 3.46. The number of amides is 2. The van der Waals surface area contributed by atoms with Gasteiger partial charge in [-0.1, -0.05) is 55.7 Å². The molecule has 5 nitrogen and oxygen atoms in total. The molecule has 1 saturated carbocycles. The Morgan fingerprint density at radius 1 is 0.857 bits per heavy atom. The van der Waals surface area contributed by atoms with Gasteiger partial charge in [-0.15, -0.1) is 0 Å². The van der Waals surface area contributed by atoms with E-state index < -0.39 is 17.9 Å². The lowest BCUT2D eigenvalue weighted by Crippen LogP contribution is -2.50. The number of carbonyl (C=O) groups excluding carboxylic acids is 3. The van der Waals surface area contributed by atoms with Gasteiger partial charge in [-0.3, -0.25) is 14.4 Å². The highest BCUT2D eigenvalue weighted by molar-refractivity contribution is 6.35. The Labute approximate surface area is 165 Å². The van der Waals surface area contributed by atoms with Crippen LogP contribution in [-0.2, 0) is 9.59 Å². The fourth-order valence-electron chi connectivity index (χ4n) is 4.44. The summed E-state index contributed by atoms with van der Waals surface area (Å²) in [5.74, 6) is -1.21. The van der Waals surface area contributed by atoms with Gasteiger partial charge in [-0.05, 0) is 42.5 Å². The Morgan fingerprint density at radius 3 is 2.39 bits per heavy atom. The van der Waals surface area contributed by atoms with Crippen LogP contribution in [0.2, 0.25) is 0 Å². The van der Waals surface area contributed by atoms with E-state index in [9.17, 15) is 14.4 Å². The number of hydrogen-bond acceptors (Lipinski definition) is 3.